The number of benzene rings is 2. The third-order valence-corrected chi connectivity index (χ3v) is 6.78. The Hall–Kier alpha value is -2.39. The molecule has 0 saturated carbocycles. The number of thiophene rings is 1. The number of rotatable bonds is 5. The van der Waals surface area contributed by atoms with Gasteiger partial charge in [0.25, 0.3) is 0 Å². The minimum absolute atomic E-state index is 0.0387. The molecule has 146 valence electrons. The Labute approximate surface area is 171 Å². The zero-order chi connectivity index (χ0) is 20.6. The fourth-order valence-corrected chi connectivity index (χ4v) is 4.84. The topological polar surface area (TPSA) is 107 Å². The van der Waals surface area contributed by atoms with E-state index in [2.05, 4.69) is 0 Å². The van der Waals surface area contributed by atoms with Crippen LogP contribution in [0.1, 0.15) is 15.2 Å². The molecule has 1 aromatic heterocycles. The summed E-state index contributed by atoms with van der Waals surface area (Å²) in [6.45, 7) is 1.82. The molecule has 2 aromatic carbocycles. The first-order valence-electron chi connectivity index (χ1n) is 7.97. The van der Waals surface area contributed by atoms with Gasteiger partial charge in [-0.1, -0.05) is 23.7 Å². The van der Waals surface area contributed by atoms with E-state index in [1.54, 1.807) is 24.3 Å². The second kappa shape index (κ2) is 7.56. The summed E-state index contributed by atoms with van der Waals surface area (Å²) >= 11 is 7.34. The Morgan fingerprint density at radius 3 is 2.25 bits per heavy atom. The molecule has 6 nitrogen and oxygen atoms in total. The first kappa shape index (κ1) is 20.3. The second-order valence-electron chi connectivity index (χ2n) is 5.98. The van der Waals surface area contributed by atoms with Crippen molar-refractivity contribution in [3.63, 3.8) is 0 Å². The van der Waals surface area contributed by atoms with Crippen LogP contribution in [0, 0.1) is 6.92 Å². The summed E-state index contributed by atoms with van der Waals surface area (Å²) in [5.41, 5.74) is 2.64. The summed E-state index contributed by atoms with van der Waals surface area (Å²) in [7, 11) is -2.31. The van der Waals surface area contributed by atoms with Crippen molar-refractivity contribution in [1.82, 2.24) is 0 Å². The standard InChI is InChI=1S/C19H16ClNO5S2/c1-10-16(11-3-6-13(7-4-11)28(21,24)25)18(19(22)23)27-17(10)12-5-8-15(26-2)14(20)9-12/h3-9H,1-2H3,(H,22,23)(H2,21,24,25). The van der Waals surface area contributed by atoms with Crippen LogP contribution in [0.3, 0.4) is 0 Å². The molecule has 0 saturated heterocycles. The highest BCUT2D eigenvalue weighted by Crippen LogP contribution is 2.43. The van der Waals surface area contributed by atoms with Gasteiger partial charge in [-0.15, -0.1) is 11.3 Å². The largest absolute Gasteiger partial charge is 0.495 e. The Balaban J connectivity index is 2.17. The van der Waals surface area contributed by atoms with Crippen molar-refractivity contribution in [3.8, 4) is 27.3 Å². The molecule has 0 aliphatic rings. The maximum absolute atomic E-state index is 11.8. The molecule has 9 heteroatoms. The molecule has 0 amide bonds. The SMILES string of the molecule is COc1ccc(-c2sc(C(=O)O)c(-c3ccc(S(N)(=O)=O)cc3)c2C)cc1Cl. The van der Waals surface area contributed by atoms with Crippen molar-refractivity contribution in [2.45, 2.75) is 11.8 Å². The van der Waals surface area contributed by atoms with Gasteiger partial charge in [0.2, 0.25) is 10.0 Å². The number of sulfonamides is 1. The van der Waals surface area contributed by atoms with Crippen molar-refractivity contribution >= 4 is 38.9 Å². The molecule has 3 aromatic rings. The Kier molecular flexibility index (Phi) is 5.49. The molecule has 28 heavy (non-hydrogen) atoms. The number of halogens is 1. The van der Waals surface area contributed by atoms with E-state index in [-0.39, 0.29) is 9.77 Å². The van der Waals surface area contributed by atoms with Crippen LogP contribution in [0.2, 0.25) is 5.02 Å². The monoisotopic (exact) mass is 437 g/mol. The van der Waals surface area contributed by atoms with Gasteiger partial charge in [-0.2, -0.15) is 0 Å². The van der Waals surface area contributed by atoms with Gasteiger partial charge in [0.15, 0.2) is 0 Å². The van der Waals surface area contributed by atoms with Gasteiger partial charge in [0.05, 0.1) is 17.0 Å². The number of methoxy groups -OCH3 is 1. The van der Waals surface area contributed by atoms with Gasteiger partial charge in [-0.3, -0.25) is 0 Å². The van der Waals surface area contributed by atoms with Gasteiger partial charge in [0, 0.05) is 10.4 Å². The van der Waals surface area contributed by atoms with Crippen molar-refractivity contribution < 1.29 is 23.1 Å². The number of aromatic carboxylic acids is 1. The molecule has 1 heterocycles. The Morgan fingerprint density at radius 1 is 1.14 bits per heavy atom. The molecule has 0 spiro atoms. The number of carboxylic acids is 1. The van der Waals surface area contributed by atoms with Gasteiger partial charge < -0.3 is 9.84 Å². The lowest BCUT2D eigenvalue weighted by Gasteiger charge is -2.07. The normalized spacial score (nSPS) is 11.4. The van der Waals surface area contributed by atoms with E-state index in [9.17, 15) is 18.3 Å². The van der Waals surface area contributed by atoms with Crippen LogP contribution in [-0.2, 0) is 10.0 Å². The van der Waals surface area contributed by atoms with Crippen LogP contribution in [0.5, 0.6) is 5.75 Å². The highest BCUT2D eigenvalue weighted by molar-refractivity contribution is 7.89. The van der Waals surface area contributed by atoms with Gasteiger partial charge in [-0.25, -0.2) is 18.4 Å². The van der Waals surface area contributed by atoms with Crippen molar-refractivity contribution in [2.24, 2.45) is 5.14 Å². The summed E-state index contributed by atoms with van der Waals surface area (Å²) in [5.74, 6) is -0.540. The van der Waals surface area contributed by atoms with Crippen molar-refractivity contribution in [1.29, 1.82) is 0 Å². The molecule has 0 fully saturated rings. The summed E-state index contributed by atoms with van der Waals surface area (Å²) < 4.78 is 28.1. The number of ether oxygens (including phenoxy) is 1. The first-order valence-corrected chi connectivity index (χ1v) is 10.7. The maximum atomic E-state index is 11.8. The zero-order valence-electron chi connectivity index (χ0n) is 14.9. The molecular formula is C19H16ClNO5S2. The highest BCUT2D eigenvalue weighted by atomic mass is 35.5. The minimum atomic E-state index is -3.83. The molecule has 0 unspecified atom stereocenters. The number of carboxylic acid groups (broad SMARTS) is 1. The van der Waals surface area contributed by atoms with E-state index < -0.39 is 16.0 Å². The van der Waals surface area contributed by atoms with Crippen molar-refractivity contribution in [3.05, 3.63) is 57.9 Å². The summed E-state index contributed by atoms with van der Waals surface area (Å²) in [6, 6.07) is 11.1. The number of primary sulfonamides is 1. The van der Waals surface area contributed by atoms with Gasteiger partial charge in [-0.05, 0) is 53.9 Å². The van der Waals surface area contributed by atoms with Crippen LogP contribution in [0.4, 0.5) is 0 Å². The summed E-state index contributed by atoms with van der Waals surface area (Å²) in [5, 5.41) is 15.2. The third kappa shape index (κ3) is 3.77. The Bertz CT molecular complexity index is 1170. The number of hydrogen-bond donors (Lipinski definition) is 2. The molecule has 3 rings (SSSR count). The average molecular weight is 438 g/mol. The quantitative estimate of drug-likeness (QED) is 0.615. The number of carbonyl (C=O) groups is 1. The van der Waals surface area contributed by atoms with Crippen LogP contribution in [-0.4, -0.2) is 26.6 Å². The molecular weight excluding hydrogens is 422 g/mol. The number of nitrogens with two attached hydrogens (primary N) is 1. The highest BCUT2D eigenvalue weighted by Gasteiger charge is 2.23. The van der Waals surface area contributed by atoms with Gasteiger partial charge >= 0.3 is 5.97 Å². The lowest BCUT2D eigenvalue weighted by atomic mass is 9.99. The summed E-state index contributed by atoms with van der Waals surface area (Å²) in [6.07, 6.45) is 0. The first-order chi connectivity index (χ1) is 13.1. The lowest BCUT2D eigenvalue weighted by molar-refractivity contribution is 0.0703. The van der Waals surface area contributed by atoms with E-state index in [0.717, 1.165) is 27.3 Å². The fourth-order valence-electron chi connectivity index (χ4n) is 2.91. The molecule has 3 N–H and O–H groups in total. The smallest absolute Gasteiger partial charge is 0.346 e. The van der Waals surface area contributed by atoms with E-state index >= 15 is 0 Å². The summed E-state index contributed by atoms with van der Waals surface area (Å²) in [4.78, 5) is 12.7. The zero-order valence-corrected chi connectivity index (χ0v) is 17.3. The lowest BCUT2D eigenvalue weighted by Crippen LogP contribution is -2.11. The van der Waals surface area contributed by atoms with E-state index in [1.165, 1.54) is 19.2 Å². The minimum Gasteiger partial charge on any atom is -0.495 e. The van der Waals surface area contributed by atoms with E-state index in [0.29, 0.717) is 21.9 Å². The molecule has 0 aliphatic carbocycles. The molecule has 0 radical (unpaired) electrons. The van der Waals surface area contributed by atoms with Crippen LogP contribution >= 0.6 is 22.9 Å². The Morgan fingerprint density at radius 2 is 1.75 bits per heavy atom. The van der Waals surface area contributed by atoms with Crippen molar-refractivity contribution in [2.75, 3.05) is 7.11 Å². The third-order valence-electron chi connectivity index (χ3n) is 4.23. The molecule has 0 aliphatic heterocycles. The van der Waals surface area contributed by atoms with Crippen LogP contribution in [0.15, 0.2) is 47.4 Å². The number of hydrogen-bond acceptors (Lipinski definition) is 5. The predicted octanol–water partition coefficient (Wildman–Crippen LogP) is 4.40. The van der Waals surface area contributed by atoms with E-state index in [1.807, 2.05) is 13.0 Å². The maximum Gasteiger partial charge on any atom is 0.346 e. The second-order valence-corrected chi connectivity index (χ2v) is 8.97. The van der Waals surface area contributed by atoms with Crippen LogP contribution < -0.4 is 9.88 Å². The fraction of sp³-hybridized carbons (Fsp3) is 0.105. The van der Waals surface area contributed by atoms with Gasteiger partial charge in [0.1, 0.15) is 10.6 Å². The molecule has 0 atom stereocenters. The van der Waals surface area contributed by atoms with E-state index in [4.69, 9.17) is 21.5 Å². The average Bonchev–Trinajstić information content (AvgIpc) is 2.98. The molecule has 0 bridgehead atoms. The predicted molar refractivity (Wildman–Crippen MR) is 110 cm³/mol. The van der Waals surface area contributed by atoms with Crippen LogP contribution in [0.25, 0.3) is 21.6 Å².